The Morgan fingerprint density at radius 2 is 2.06 bits per heavy atom. The van der Waals surface area contributed by atoms with Crippen LogP contribution in [-0.4, -0.2) is 4.98 Å². The van der Waals surface area contributed by atoms with E-state index in [-0.39, 0.29) is 0 Å². The van der Waals surface area contributed by atoms with E-state index in [2.05, 4.69) is 18.0 Å². The third kappa shape index (κ3) is 2.51. The van der Waals surface area contributed by atoms with Gasteiger partial charge in [-0.15, -0.1) is 0 Å². The first-order valence-corrected chi connectivity index (χ1v) is 5.26. The Bertz CT molecular complexity index is 466. The lowest BCUT2D eigenvalue weighted by molar-refractivity contribution is 0.480. The molecule has 0 unspecified atom stereocenters. The van der Waals surface area contributed by atoms with Gasteiger partial charge in [0, 0.05) is 0 Å². The van der Waals surface area contributed by atoms with Gasteiger partial charge in [0.1, 0.15) is 17.3 Å². The minimum Gasteiger partial charge on any atom is -0.456 e. The van der Waals surface area contributed by atoms with E-state index in [1.165, 1.54) is 5.56 Å². The minimum absolute atomic E-state index is 0.495. The molecule has 0 saturated heterocycles. The highest BCUT2D eigenvalue weighted by Gasteiger charge is 1.98. The van der Waals surface area contributed by atoms with E-state index < -0.39 is 0 Å². The van der Waals surface area contributed by atoms with Crippen LogP contribution in [0.4, 0.5) is 5.82 Å². The number of nitrogens with two attached hydrogens (primary N) is 1. The molecule has 1 heterocycles. The number of aromatic nitrogens is 1. The maximum atomic E-state index is 5.66. The van der Waals surface area contributed by atoms with Gasteiger partial charge in [0.05, 0.1) is 6.20 Å². The van der Waals surface area contributed by atoms with Gasteiger partial charge in [0.2, 0.25) is 0 Å². The van der Waals surface area contributed by atoms with Crippen molar-refractivity contribution >= 4 is 5.82 Å². The van der Waals surface area contributed by atoms with E-state index in [1.807, 2.05) is 18.2 Å². The molecule has 0 saturated carbocycles. The Morgan fingerprint density at radius 3 is 2.75 bits per heavy atom. The summed E-state index contributed by atoms with van der Waals surface area (Å²) in [5, 5.41) is 0. The van der Waals surface area contributed by atoms with E-state index in [0.717, 1.165) is 12.2 Å². The molecule has 0 aliphatic heterocycles. The summed E-state index contributed by atoms with van der Waals surface area (Å²) in [5.74, 6) is 2.02. The molecule has 82 valence electrons. The average Bonchev–Trinajstić information content (AvgIpc) is 2.32. The predicted molar refractivity (Wildman–Crippen MR) is 64.5 cm³/mol. The Labute approximate surface area is 94.9 Å². The second-order valence-electron chi connectivity index (χ2n) is 3.52. The van der Waals surface area contributed by atoms with Crippen LogP contribution in [0.1, 0.15) is 12.5 Å². The molecule has 0 bridgehead atoms. The summed E-state index contributed by atoms with van der Waals surface area (Å²) in [5.41, 5.74) is 6.75. The van der Waals surface area contributed by atoms with Crippen molar-refractivity contribution in [3.8, 4) is 11.5 Å². The lowest BCUT2D eigenvalue weighted by Crippen LogP contribution is -1.90. The van der Waals surface area contributed by atoms with E-state index in [0.29, 0.717) is 11.6 Å². The molecular weight excluding hydrogens is 200 g/mol. The summed E-state index contributed by atoms with van der Waals surface area (Å²) in [6.07, 6.45) is 2.62. The van der Waals surface area contributed by atoms with Gasteiger partial charge in [-0.2, -0.15) is 0 Å². The highest BCUT2D eigenvalue weighted by atomic mass is 16.5. The third-order valence-corrected chi connectivity index (χ3v) is 2.30. The normalized spacial score (nSPS) is 10.1. The number of rotatable bonds is 3. The molecule has 0 fully saturated rings. The van der Waals surface area contributed by atoms with E-state index >= 15 is 0 Å². The van der Waals surface area contributed by atoms with Gasteiger partial charge < -0.3 is 10.5 Å². The molecule has 0 radical (unpaired) electrons. The Balaban J connectivity index is 2.16. The second kappa shape index (κ2) is 4.66. The van der Waals surface area contributed by atoms with Gasteiger partial charge in [0.25, 0.3) is 0 Å². The molecule has 3 heteroatoms. The Morgan fingerprint density at radius 1 is 1.19 bits per heavy atom. The van der Waals surface area contributed by atoms with Gasteiger partial charge in [-0.25, -0.2) is 4.98 Å². The standard InChI is InChI=1S/C13H14N2O/c1-2-10-4-3-5-11(8-10)16-12-6-7-13(14)15-9-12/h3-9H,2H2,1H3,(H2,14,15). The van der Waals surface area contributed by atoms with Crippen LogP contribution in [0.15, 0.2) is 42.6 Å². The largest absolute Gasteiger partial charge is 0.456 e. The zero-order valence-corrected chi connectivity index (χ0v) is 9.18. The molecule has 0 aliphatic rings. The zero-order valence-electron chi connectivity index (χ0n) is 9.18. The molecule has 1 aromatic heterocycles. The van der Waals surface area contributed by atoms with Gasteiger partial charge in [-0.3, -0.25) is 0 Å². The van der Waals surface area contributed by atoms with Gasteiger partial charge in [-0.1, -0.05) is 19.1 Å². The highest BCUT2D eigenvalue weighted by Crippen LogP contribution is 2.21. The van der Waals surface area contributed by atoms with Crippen LogP contribution in [-0.2, 0) is 6.42 Å². The summed E-state index contributed by atoms with van der Waals surface area (Å²) in [6, 6.07) is 11.5. The smallest absolute Gasteiger partial charge is 0.145 e. The molecule has 2 rings (SSSR count). The fourth-order valence-corrected chi connectivity index (χ4v) is 1.42. The SMILES string of the molecule is CCc1cccc(Oc2ccc(N)nc2)c1. The number of hydrogen-bond donors (Lipinski definition) is 1. The van der Waals surface area contributed by atoms with Crippen LogP contribution in [0.3, 0.4) is 0 Å². The van der Waals surface area contributed by atoms with Gasteiger partial charge in [0.15, 0.2) is 0 Å². The number of aryl methyl sites for hydroxylation is 1. The van der Waals surface area contributed by atoms with E-state index in [4.69, 9.17) is 10.5 Å². The first-order chi connectivity index (χ1) is 7.78. The number of anilines is 1. The quantitative estimate of drug-likeness (QED) is 0.854. The highest BCUT2D eigenvalue weighted by molar-refractivity contribution is 5.36. The minimum atomic E-state index is 0.495. The Hall–Kier alpha value is -2.03. The van der Waals surface area contributed by atoms with Crippen LogP contribution in [0.25, 0.3) is 0 Å². The van der Waals surface area contributed by atoms with Crippen molar-refractivity contribution < 1.29 is 4.74 Å². The Kier molecular flexibility index (Phi) is 3.05. The number of nitrogens with zero attached hydrogens (tertiary/aromatic N) is 1. The fourth-order valence-electron chi connectivity index (χ4n) is 1.42. The number of nitrogen functional groups attached to an aromatic ring is 1. The molecule has 16 heavy (non-hydrogen) atoms. The third-order valence-electron chi connectivity index (χ3n) is 2.30. The molecule has 2 aromatic rings. The first-order valence-electron chi connectivity index (χ1n) is 5.26. The monoisotopic (exact) mass is 214 g/mol. The number of pyridine rings is 1. The molecule has 1 aromatic carbocycles. The van der Waals surface area contributed by atoms with Crippen molar-refractivity contribution in [1.82, 2.24) is 4.98 Å². The number of ether oxygens (including phenoxy) is 1. The predicted octanol–water partition coefficient (Wildman–Crippen LogP) is 3.02. The van der Waals surface area contributed by atoms with Gasteiger partial charge in [-0.05, 0) is 36.2 Å². The molecule has 0 spiro atoms. The van der Waals surface area contributed by atoms with Crippen molar-refractivity contribution in [3.63, 3.8) is 0 Å². The lowest BCUT2D eigenvalue weighted by Gasteiger charge is -2.06. The van der Waals surface area contributed by atoms with Crippen LogP contribution >= 0.6 is 0 Å². The summed E-state index contributed by atoms with van der Waals surface area (Å²) < 4.78 is 5.66. The summed E-state index contributed by atoms with van der Waals surface area (Å²) in [7, 11) is 0. The second-order valence-corrected chi connectivity index (χ2v) is 3.52. The molecule has 0 atom stereocenters. The summed E-state index contributed by atoms with van der Waals surface area (Å²) in [4.78, 5) is 3.97. The van der Waals surface area contributed by atoms with Crippen LogP contribution in [0, 0.1) is 0 Å². The van der Waals surface area contributed by atoms with E-state index in [9.17, 15) is 0 Å². The number of benzene rings is 1. The maximum Gasteiger partial charge on any atom is 0.145 e. The molecule has 0 amide bonds. The van der Waals surface area contributed by atoms with Crippen molar-refractivity contribution in [2.45, 2.75) is 13.3 Å². The molecular formula is C13H14N2O. The molecule has 0 aliphatic carbocycles. The topological polar surface area (TPSA) is 48.1 Å². The molecule has 3 nitrogen and oxygen atoms in total. The lowest BCUT2D eigenvalue weighted by atomic mass is 10.2. The fraction of sp³-hybridized carbons (Fsp3) is 0.154. The van der Waals surface area contributed by atoms with E-state index in [1.54, 1.807) is 18.3 Å². The summed E-state index contributed by atoms with van der Waals surface area (Å²) in [6.45, 7) is 2.11. The maximum absolute atomic E-state index is 5.66. The van der Waals surface area contributed by atoms with Crippen molar-refractivity contribution in [2.24, 2.45) is 0 Å². The van der Waals surface area contributed by atoms with Crippen molar-refractivity contribution in [2.75, 3.05) is 5.73 Å². The number of hydrogen-bond acceptors (Lipinski definition) is 3. The van der Waals surface area contributed by atoms with Crippen LogP contribution in [0.2, 0.25) is 0 Å². The average molecular weight is 214 g/mol. The zero-order chi connectivity index (χ0) is 11.4. The molecule has 2 N–H and O–H groups in total. The van der Waals surface area contributed by atoms with Crippen LogP contribution < -0.4 is 10.5 Å². The van der Waals surface area contributed by atoms with Crippen LogP contribution in [0.5, 0.6) is 11.5 Å². The summed E-state index contributed by atoms with van der Waals surface area (Å²) >= 11 is 0. The van der Waals surface area contributed by atoms with Crippen molar-refractivity contribution in [3.05, 3.63) is 48.2 Å². The van der Waals surface area contributed by atoms with Gasteiger partial charge >= 0.3 is 0 Å². The first kappa shape index (κ1) is 10.5. The van der Waals surface area contributed by atoms with Crippen molar-refractivity contribution in [1.29, 1.82) is 0 Å².